The fourth-order valence-electron chi connectivity index (χ4n) is 0.901. The van der Waals surface area contributed by atoms with Gasteiger partial charge in [0.05, 0.1) is 12.7 Å². The molecule has 0 saturated carbocycles. The van der Waals surface area contributed by atoms with Gasteiger partial charge in [-0.2, -0.15) is 0 Å². The highest BCUT2D eigenvalue weighted by Gasteiger charge is 2.21. The Balaban J connectivity index is 2.01. The van der Waals surface area contributed by atoms with Gasteiger partial charge in [0.2, 0.25) is 5.91 Å². The maximum atomic E-state index is 10.5. The molecule has 0 aromatic rings. The van der Waals surface area contributed by atoms with Crippen LogP contribution in [-0.2, 0) is 9.53 Å². The summed E-state index contributed by atoms with van der Waals surface area (Å²) in [6.45, 7) is 4.43. The van der Waals surface area contributed by atoms with Crippen LogP contribution >= 0.6 is 0 Å². The molecule has 0 aromatic heterocycles. The van der Waals surface area contributed by atoms with Crippen molar-refractivity contribution in [3.8, 4) is 0 Å². The number of carbonyl (C=O) groups is 1. The molecule has 3 heteroatoms. The van der Waals surface area contributed by atoms with Crippen molar-refractivity contribution >= 4 is 5.91 Å². The molecule has 1 atom stereocenters. The van der Waals surface area contributed by atoms with E-state index in [1.54, 1.807) is 0 Å². The van der Waals surface area contributed by atoms with Crippen molar-refractivity contribution in [2.75, 3.05) is 6.61 Å². The number of primary amides is 1. The van der Waals surface area contributed by atoms with Gasteiger partial charge in [-0.3, -0.25) is 4.79 Å². The molecule has 1 aliphatic rings. The lowest BCUT2D eigenvalue weighted by Gasteiger charge is -1.98. The maximum absolute atomic E-state index is 10.5. The molecule has 1 unspecified atom stereocenters. The average molecular weight is 155 g/mol. The second-order valence-corrected chi connectivity index (χ2v) is 2.82. The molecule has 1 saturated heterocycles. The SMILES string of the molecule is C=C(CCCC1CO1)C(N)=O. The zero-order chi connectivity index (χ0) is 8.27. The summed E-state index contributed by atoms with van der Waals surface area (Å²) < 4.78 is 5.00. The molecule has 1 amide bonds. The van der Waals surface area contributed by atoms with Crippen LogP contribution in [0, 0.1) is 0 Å². The Morgan fingerprint density at radius 3 is 2.82 bits per heavy atom. The van der Waals surface area contributed by atoms with Crippen molar-refractivity contribution in [1.29, 1.82) is 0 Å². The van der Waals surface area contributed by atoms with Crippen molar-refractivity contribution in [3.63, 3.8) is 0 Å². The summed E-state index contributed by atoms with van der Waals surface area (Å²) in [5, 5.41) is 0. The predicted molar refractivity (Wildman–Crippen MR) is 41.9 cm³/mol. The molecule has 11 heavy (non-hydrogen) atoms. The number of ether oxygens (including phenoxy) is 1. The van der Waals surface area contributed by atoms with Gasteiger partial charge in [0, 0.05) is 5.57 Å². The monoisotopic (exact) mass is 155 g/mol. The van der Waals surface area contributed by atoms with E-state index < -0.39 is 0 Å². The second kappa shape index (κ2) is 3.53. The summed E-state index contributed by atoms with van der Waals surface area (Å²) >= 11 is 0. The van der Waals surface area contributed by atoms with Crippen LogP contribution in [0.25, 0.3) is 0 Å². The molecule has 1 heterocycles. The van der Waals surface area contributed by atoms with Crippen LogP contribution in [0.15, 0.2) is 12.2 Å². The Kier molecular flexibility index (Phi) is 2.65. The first-order chi connectivity index (χ1) is 5.20. The first kappa shape index (κ1) is 8.27. The minimum absolute atomic E-state index is 0.387. The molecule has 0 aliphatic carbocycles. The maximum Gasteiger partial charge on any atom is 0.244 e. The van der Waals surface area contributed by atoms with Crippen LogP contribution in [0.3, 0.4) is 0 Å². The molecule has 1 aliphatic heterocycles. The molecule has 1 rings (SSSR count). The zero-order valence-electron chi connectivity index (χ0n) is 6.51. The quantitative estimate of drug-likeness (QED) is 0.467. The third-order valence-electron chi connectivity index (χ3n) is 1.76. The molecule has 0 aromatic carbocycles. The van der Waals surface area contributed by atoms with E-state index in [1.165, 1.54) is 0 Å². The molecule has 0 spiro atoms. The van der Waals surface area contributed by atoms with Gasteiger partial charge >= 0.3 is 0 Å². The minimum Gasteiger partial charge on any atom is -0.373 e. The summed E-state index contributed by atoms with van der Waals surface area (Å²) in [6, 6.07) is 0. The topological polar surface area (TPSA) is 55.6 Å². The zero-order valence-corrected chi connectivity index (χ0v) is 6.51. The van der Waals surface area contributed by atoms with Crippen LogP contribution in [0.5, 0.6) is 0 Å². The minimum atomic E-state index is -0.387. The van der Waals surface area contributed by atoms with Gasteiger partial charge in [0.15, 0.2) is 0 Å². The van der Waals surface area contributed by atoms with E-state index in [9.17, 15) is 4.79 Å². The summed E-state index contributed by atoms with van der Waals surface area (Å²) in [6.07, 6.45) is 3.11. The van der Waals surface area contributed by atoms with Gasteiger partial charge in [-0.1, -0.05) is 6.58 Å². The predicted octanol–water partition coefficient (Wildman–Crippen LogP) is 0.597. The summed E-state index contributed by atoms with van der Waals surface area (Å²) in [5.41, 5.74) is 5.52. The van der Waals surface area contributed by atoms with Gasteiger partial charge in [-0.05, 0) is 19.3 Å². The van der Waals surface area contributed by atoms with Gasteiger partial charge in [0.25, 0.3) is 0 Å². The van der Waals surface area contributed by atoms with E-state index >= 15 is 0 Å². The Hall–Kier alpha value is -0.830. The van der Waals surface area contributed by atoms with Crippen molar-refractivity contribution in [2.24, 2.45) is 5.73 Å². The van der Waals surface area contributed by atoms with Crippen LogP contribution in [0.2, 0.25) is 0 Å². The first-order valence-electron chi connectivity index (χ1n) is 3.79. The normalized spacial score (nSPS) is 21.3. The van der Waals surface area contributed by atoms with E-state index in [4.69, 9.17) is 10.5 Å². The highest BCUT2D eigenvalue weighted by atomic mass is 16.6. The number of nitrogens with two attached hydrogens (primary N) is 1. The Morgan fingerprint density at radius 1 is 1.73 bits per heavy atom. The van der Waals surface area contributed by atoms with Crippen molar-refractivity contribution in [3.05, 3.63) is 12.2 Å². The Labute approximate surface area is 66.2 Å². The standard InChI is InChI=1S/C8H13NO2/c1-6(8(9)10)3-2-4-7-5-11-7/h7H,1-5H2,(H2,9,10). The van der Waals surface area contributed by atoms with E-state index in [0.29, 0.717) is 18.1 Å². The lowest BCUT2D eigenvalue weighted by Crippen LogP contribution is -2.12. The highest BCUT2D eigenvalue weighted by Crippen LogP contribution is 2.17. The smallest absolute Gasteiger partial charge is 0.244 e. The number of rotatable bonds is 5. The molecular weight excluding hydrogens is 142 g/mol. The van der Waals surface area contributed by atoms with Crippen LogP contribution < -0.4 is 5.73 Å². The summed E-state index contributed by atoms with van der Waals surface area (Å²) in [5.74, 6) is -0.387. The van der Waals surface area contributed by atoms with Crippen molar-refractivity contribution < 1.29 is 9.53 Å². The average Bonchev–Trinajstić information content (AvgIpc) is 2.71. The van der Waals surface area contributed by atoms with Crippen molar-refractivity contribution in [2.45, 2.75) is 25.4 Å². The Bertz CT molecular complexity index is 173. The molecule has 62 valence electrons. The third-order valence-corrected chi connectivity index (χ3v) is 1.76. The summed E-state index contributed by atoms with van der Waals surface area (Å²) in [4.78, 5) is 10.5. The van der Waals surface area contributed by atoms with E-state index in [1.807, 2.05) is 0 Å². The molecular formula is C8H13NO2. The molecule has 0 bridgehead atoms. The first-order valence-corrected chi connectivity index (χ1v) is 3.79. The highest BCUT2D eigenvalue weighted by molar-refractivity contribution is 5.91. The van der Waals surface area contributed by atoms with Crippen LogP contribution in [0.4, 0.5) is 0 Å². The molecule has 0 radical (unpaired) electrons. The van der Waals surface area contributed by atoms with Gasteiger partial charge in [-0.25, -0.2) is 0 Å². The largest absolute Gasteiger partial charge is 0.373 e. The fourth-order valence-corrected chi connectivity index (χ4v) is 0.901. The second-order valence-electron chi connectivity index (χ2n) is 2.82. The van der Waals surface area contributed by atoms with Gasteiger partial charge in [-0.15, -0.1) is 0 Å². The van der Waals surface area contributed by atoms with Gasteiger partial charge in [0.1, 0.15) is 0 Å². The van der Waals surface area contributed by atoms with Crippen LogP contribution in [-0.4, -0.2) is 18.6 Å². The third kappa shape index (κ3) is 3.18. The van der Waals surface area contributed by atoms with Gasteiger partial charge < -0.3 is 10.5 Å². The molecule has 1 fully saturated rings. The summed E-state index contributed by atoms with van der Waals surface area (Å²) in [7, 11) is 0. The van der Waals surface area contributed by atoms with Crippen LogP contribution in [0.1, 0.15) is 19.3 Å². The number of amides is 1. The Morgan fingerprint density at radius 2 is 2.36 bits per heavy atom. The fraction of sp³-hybridized carbons (Fsp3) is 0.625. The number of hydrogen-bond acceptors (Lipinski definition) is 2. The lowest BCUT2D eigenvalue weighted by molar-refractivity contribution is -0.114. The van der Waals surface area contributed by atoms with Crippen molar-refractivity contribution in [1.82, 2.24) is 0 Å². The number of hydrogen-bond donors (Lipinski definition) is 1. The van der Waals surface area contributed by atoms with E-state index in [-0.39, 0.29) is 5.91 Å². The number of carbonyl (C=O) groups excluding carboxylic acids is 1. The van der Waals surface area contributed by atoms with E-state index in [2.05, 4.69) is 6.58 Å². The number of epoxide rings is 1. The van der Waals surface area contributed by atoms with E-state index in [0.717, 1.165) is 19.4 Å². The molecule has 3 nitrogen and oxygen atoms in total. The molecule has 2 N–H and O–H groups in total. The lowest BCUT2D eigenvalue weighted by atomic mass is 10.1.